The molecule has 28 heteroatoms. The zero-order chi connectivity index (χ0) is 64.9. The van der Waals surface area contributed by atoms with Crippen LogP contribution in [0.5, 0.6) is 11.5 Å². The molecule has 0 fully saturated rings. The lowest BCUT2D eigenvalue weighted by molar-refractivity contribution is -0.144. The Hall–Kier alpha value is -7.93. The molecule has 0 unspecified atom stereocenters. The summed E-state index contributed by atoms with van der Waals surface area (Å²) in [5.74, 6) is -0.667. The Bertz CT molecular complexity index is 3600. The highest BCUT2D eigenvalue weighted by atomic mass is 31.2. The molecule has 3 aliphatic rings. The summed E-state index contributed by atoms with van der Waals surface area (Å²) >= 11 is 0. The molecule has 3 nitrogen and oxygen atoms in total. The van der Waals surface area contributed by atoms with Crippen molar-refractivity contribution in [1.29, 1.82) is 0 Å². The second-order valence-corrected chi connectivity index (χ2v) is 22.1. The van der Waals surface area contributed by atoms with Crippen molar-refractivity contribution in [3.05, 3.63) is 200 Å². The molecule has 8 aromatic carbocycles. The van der Waals surface area contributed by atoms with Gasteiger partial charge in [-0.2, -0.15) is 105 Å². The zero-order valence-corrected chi connectivity index (χ0v) is 44.7. The summed E-state index contributed by atoms with van der Waals surface area (Å²) in [6.45, 7) is 0. The molecule has 0 saturated heterocycles. The molecule has 8 aromatic rings. The maximum atomic E-state index is 14.3. The van der Waals surface area contributed by atoms with Crippen molar-refractivity contribution >= 4 is 8.60 Å². The molecule has 1 aliphatic heterocycles. The van der Waals surface area contributed by atoms with Gasteiger partial charge in [0.05, 0.1) is 44.5 Å². The molecule has 0 saturated carbocycles. The van der Waals surface area contributed by atoms with Crippen molar-refractivity contribution in [3.8, 4) is 78.3 Å². The van der Waals surface area contributed by atoms with Gasteiger partial charge < -0.3 is 13.9 Å². The highest BCUT2D eigenvalue weighted by Crippen LogP contribution is 2.65. The van der Waals surface area contributed by atoms with Crippen LogP contribution in [0.1, 0.15) is 79.6 Å². The predicted molar refractivity (Wildman–Crippen MR) is 273 cm³/mol. The first kappa shape index (κ1) is 62.7. The van der Waals surface area contributed by atoms with Gasteiger partial charge in [0.15, 0.2) is 0 Å². The molecule has 0 radical (unpaired) electrons. The highest BCUT2D eigenvalue weighted by Gasteiger charge is 2.52. The first-order valence-electron chi connectivity index (χ1n) is 25.6. The minimum absolute atomic E-state index is 0.0821. The third kappa shape index (κ3) is 12.0. The summed E-state index contributed by atoms with van der Waals surface area (Å²) in [5.41, 5.74) is -22.3. The van der Waals surface area contributed by atoms with E-state index in [4.69, 9.17) is 9.05 Å². The Morgan fingerprint density at radius 2 is 0.483 bits per heavy atom. The van der Waals surface area contributed by atoms with Gasteiger partial charge in [0, 0.05) is 27.7 Å². The first-order chi connectivity index (χ1) is 41.0. The Labute approximate surface area is 485 Å². The second-order valence-electron chi connectivity index (χ2n) is 21.2. The van der Waals surface area contributed by atoms with Crippen LogP contribution < -0.4 is 9.05 Å². The van der Waals surface area contributed by atoms with Crippen LogP contribution in [0.2, 0.25) is 0 Å². The van der Waals surface area contributed by atoms with Gasteiger partial charge in [-0.15, -0.1) is 0 Å². The van der Waals surface area contributed by atoms with Crippen LogP contribution in [0.3, 0.4) is 0 Å². The molecule has 1 heterocycles. The Balaban J connectivity index is 1.16. The smallest absolute Gasteiger partial charge is 0.417 e. The number of alkyl halides is 24. The van der Waals surface area contributed by atoms with Crippen LogP contribution in [-0.2, 0) is 67.7 Å². The largest absolute Gasteiger partial charge is 0.460 e. The lowest BCUT2D eigenvalue weighted by Crippen LogP contribution is -2.25. The number of hydrogen-bond acceptors (Lipinski definition) is 3. The number of halogens is 24. The normalized spacial score (nSPS) is 15.5. The van der Waals surface area contributed by atoms with Crippen LogP contribution >= 0.6 is 8.60 Å². The minimum atomic E-state index is -5.46. The van der Waals surface area contributed by atoms with Crippen molar-refractivity contribution in [2.45, 2.75) is 80.5 Å². The SMILES string of the molecule is OP1Oc2c(-c3cc(-c4cc(C(F)(F)F)cc(C(F)(F)F)c4)cc(-c4cc(C(F)(F)F)cc(C(F)(F)F)c4)c3)ccc3c2C2(CC3)CCc3ccc(-c4cc(-c5cc(C(F)(F)F)cc(C(F)(F)F)c5)cc(-c5cc(C(F)(F)F)cc(C(F)(F)F)c5)c4)c(c32)O1. The summed E-state index contributed by atoms with van der Waals surface area (Å²) in [5, 5.41) is 0. The molecule has 466 valence electrons. The van der Waals surface area contributed by atoms with Gasteiger partial charge in [-0.25, -0.2) is 0 Å². The fourth-order valence-corrected chi connectivity index (χ4v) is 12.4. The summed E-state index contributed by atoms with van der Waals surface area (Å²) in [6.07, 6.45) is -43.3. The van der Waals surface area contributed by atoms with Crippen molar-refractivity contribution < 1.29 is 119 Å². The van der Waals surface area contributed by atoms with E-state index in [1.54, 1.807) is 0 Å². The van der Waals surface area contributed by atoms with E-state index < -0.39 is 152 Å². The maximum absolute atomic E-state index is 14.3. The van der Waals surface area contributed by atoms with Gasteiger partial charge in [0.25, 0.3) is 0 Å². The van der Waals surface area contributed by atoms with Gasteiger partial charge in [-0.05, 0) is 202 Å². The Morgan fingerprint density at radius 1 is 0.281 bits per heavy atom. The molecular weight excluding hydrogens is 1270 g/mol. The average molecular weight is 1300 g/mol. The number of aryl methyl sites for hydroxylation is 2. The number of rotatable bonds is 6. The van der Waals surface area contributed by atoms with Crippen molar-refractivity contribution in [3.63, 3.8) is 0 Å². The van der Waals surface area contributed by atoms with Crippen LogP contribution in [0.15, 0.2) is 133 Å². The number of hydrogen-bond donors (Lipinski definition) is 1. The van der Waals surface area contributed by atoms with E-state index in [0.29, 0.717) is 11.1 Å². The van der Waals surface area contributed by atoms with E-state index >= 15 is 0 Å². The fourth-order valence-electron chi connectivity index (χ4n) is 11.7. The van der Waals surface area contributed by atoms with Crippen molar-refractivity contribution in [1.82, 2.24) is 0 Å². The van der Waals surface area contributed by atoms with Gasteiger partial charge in [0.1, 0.15) is 11.5 Å². The average Bonchev–Trinajstić information content (AvgIpc) is 1.57. The Kier molecular flexibility index (Phi) is 14.7. The molecule has 0 bridgehead atoms. The lowest BCUT2D eigenvalue weighted by Gasteiger charge is -2.34. The monoisotopic (exact) mass is 1300 g/mol. The molecule has 0 aromatic heterocycles. The third-order valence-electron chi connectivity index (χ3n) is 15.6. The molecule has 89 heavy (non-hydrogen) atoms. The molecule has 1 spiro atoms. The molecular formula is C61H31F24O3P. The van der Waals surface area contributed by atoms with Crippen LogP contribution in [0, 0.1) is 0 Å². The Morgan fingerprint density at radius 3 is 0.697 bits per heavy atom. The van der Waals surface area contributed by atoms with E-state index in [2.05, 4.69) is 0 Å². The van der Waals surface area contributed by atoms with Crippen LogP contribution in [-0.4, -0.2) is 4.89 Å². The van der Waals surface area contributed by atoms with Gasteiger partial charge in [0.2, 0.25) is 0 Å². The molecule has 0 atom stereocenters. The highest BCUT2D eigenvalue weighted by molar-refractivity contribution is 7.41. The standard InChI is InChI=1S/C61H31F24O3P/c62-54(63,64)39-15-33(16-40(23-39)55(65,66)67)29-9-30(34-17-41(56(68,69)70)24-42(18-34)57(71,72)73)12-37(11-29)47-3-1-27-5-7-53-8-6-28-2-4-48(52(50(28)53)88-89(86)87-51(47)49(27)53)38-13-31(35-19-43(58(74,75)76)25-44(20-35)59(77,78)79)10-32(14-38)36-21-45(60(80,81)82)26-46(22-36)61(83,84)85/h1-4,9-26,86H,5-8H2. The molecule has 1 N–H and O–H groups in total. The first-order valence-corrected chi connectivity index (χ1v) is 26.8. The molecule has 2 aliphatic carbocycles. The zero-order valence-electron chi connectivity index (χ0n) is 43.8. The summed E-state index contributed by atoms with van der Waals surface area (Å²) in [4.78, 5) is 12.0. The maximum Gasteiger partial charge on any atom is 0.460 e. The minimum Gasteiger partial charge on any atom is -0.417 e. The summed E-state index contributed by atoms with van der Waals surface area (Å²) in [7, 11) is -3.48. The number of benzene rings is 8. The van der Waals surface area contributed by atoms with Crippen LogP contribution in [0.4, 0.5) is 105 Å². The van der Waals surface area contributed by atoms with Crippen molar-refractivity contribution in [2.24, 2.45) is 0 Å². The lowest BCUT2D eigenvalue weighted by atomic mass is 9.74. The van der Waals surface area contributed by atoms with E-state index in [1.165, 1.54) is 24.3 Å². The third-order valence-corrected chi connectivity index (χ3v) is 16.3. The van der Waals surface area contributed by atoms with Gasteiger partial charge in [-0.3, -0.25) is 0 Å². The topological polar surface area (TPSA) is 38.7 Å². The van der Waals surface area contributed by atoms with E-state index in [-0.39, 0.29) is 143 Å². The van der Waals surface area contributed by atoms with E-state index in [9.17, 15) is 110 Å². The molecule has 11 rings (SSSR count). The summed E-state index contributed by atoms with van der Waals surface area (Å²) in [6, 6.07) is 11.9. The van der Waals surface area contributed by atoms with E-state index in [0.717, 1.165) is 36.4 Å². The second kappa shape index (κ2) is 20.8. The van der Waals surface area contributed by atoms with Gasteiger partial charge in [-0.1, -0.05) is 24.3 Å². The summed E-state index contributed by atoms with van der Waals surface area (Å²) < 4.78 is 356. The van der Waals surface area contributed by atoms with Crippen LogP contribution in [0.25, 0.3) is 66.8 Å². The van der Waals surface area contributed by atoms with Crippen molar-refractivity contribution in [2.75, 3.05) is 0 Å². The predicted octanol–water partition coefficient (Wildman–Crippen LogP) is 22.0. The fraction of sp³-hybridized carbons (Fsp3) is 0.213. The van der Waals surface area contributed by atoms with Gasteiger partial charge >= 0.3 is 58.0 Å². The van der Waals surface area contributed by atoms with E-state index in [1.807, 2.05) is 0 Å². The molecule has 0 amide bonds. The quantitative estimate of drug-likeness (QED) is 0.133.